The Balaban J connectivity index is 1.70. The van der Waals surface area contributed by atoms with Crippen molar-refractivity contribution in [1.29, 1.82) is 0 Å². The molecule has 3 amide bonds. The Labute approximate surface area is 146 Å². The third-order valence-electron chi connectivity index (χ3n) is 4.89. The Kier molecular flexibility index (Phi) is 5.20. The highest BCUT2D eigenvalue weighted by Gasteiger charge is 2.41. The van der Waals surface area contributed by atoms with Crippen LogP contribution in [-0.4, -0.2) is 53.6 Å². The van der Waals surface area contributed by atoms with Crippen molar-refractivity contribution < 1.29 is 18.4 Å². The molecule has 0 saturated carbocycles. The highest BCUT2D eigenvalue weighted by Crippen LogP contribution is 2.25. The number of nitrogens with zero attached hydrogens (tertiary/aromatic N) is 2. The van der Waals surface area contributed by atoms with E-state index in [0.717, 1.165) is 19.3 Å². The van der Waals surface area contributed by atoms with Gasteiger partial charge in [-0.05, 0) is 43.9 Å². The molecular formula is C18H23F2N3O2. The van der Waals surface area contributed by atoms with Crippen molar-refractivity contribution in [1.82, 2.24) is 9.80 Å². The molecule has 0 unspecified atom stereocenters. The second kappa shape index (κ2) is 7.37. The maximum absolute atomic E-state index is 13.9. The molecule has 2 fully saturated rings. The summed E-state index contributed by atoms with van der Waals surface area (Å²) in [5, 5.41) is 2.57. The number of nitrogens with one attached hydrogen (secondary N) is 1. The zero-order valence-electron chi connectivity index (χ0n) is 14.3. The van der Waals surface area contributed by atoms with Crippen LogP contribution in [0.25, 0.3) is 0 Å². The van der Waals surface area contributed by atoms with E-state index in [1.165, 1.54) is 11.0 Å². The van der Waals surface area contributed by atoms with E-state index in [1.807, 2.05) is 0 Å². The number of urea groups is 1. The number of piperidine rings is 1. The molecular weight excluding hydrogens is 328 g/mol. The minimum absolute atomic E-state index is 0.0189. The molecule has 5 nitrogen and oxygen atoms in total. The number of anilines is 1. The number of likely N-dealkylation sites (tertiary alicyclic amines) is 2. The van der Waals surface area contributed by atoms with Gasteiger partial charge in [-0.3, -0.25) is 4.79 Å². The molecule has 2 heterocycles. The van der Waals surface area contributed by atoms with Crippen molar-refractivity contribution in [2.75, 3.05) is 25.0 Å². The molecule has 0 bridgehead atoms. The minimum atomic E-state index is -1.22. The third-order valence-corrected chi connectivity index (χ3v) is 4.89. The van der Waals surface area contributed by atoms with Gasteiger partial charge in [0.25, 0.3) is 0 Å². The highest BCUT2D eigenvalue weighted by atomic mass is 19.1. The van der Waals surface area contributed by atoms with Gasteiger partial charge in [-0.2, -0.15) is 0 Å². The molecule has 2 atom stereocenters. The number of halogens is 2. The van der Waals surface area contributed by atoms with E-state index in [1.54, 1.807) is 24.0 Å². The molecule has 2 saturated heterocycles. The standard InChI is InChI=1S/C18H23F2N3O2/c1-12-5-6-14(10-15(12)20)21-18(25)23-11-13(19)9-16(23)17(24)22-7-3-2-4-8-22/h5-6,10,13,16H,2-4,7-9,11H2,1H3,(H,21,25)/t13-,16-/m0/s1. The number of aryl methyl sites for hydroxylation is 1. The number of alkyl halides is 1. The molecule has 7 heteroatoms. The van der Waals surface area contributed by atoms with Crippen LogP contribution >= 0.6 is 0 Å². The zero-order chi connectivity index (χ0) is 18.0. The van der Waals surface area contributed by atoms with Gasteiger partial charge in [0.05, 0.1) is 6.54 Å². The van der Waals surface area contributed by atoms with E-state index in [4.69, 9.17) is 0 Å². The Morgan fingerprint density at radius 3 is 2.60 bits per heavy atom. The predicted molar refractivity (Wildman–Crippen MR) is 90.6 cm³/mol. The van der Waals surface area contributed by atoms with Gasteiger partial charge in [0.2, 0.25) is 5.91 Å². The van der Waals surface area contributed by atoms with Gasteiger partial charge < -0.3 is 15.1 Å². The van der Waals surface area contributed by atoms with E-state index in [0.29, 0.717) is 24.3 Å². The van der Waals surface area contributed by atoms with Gasteiger partial charge in [0.1, 0.15) is 18.0 Å². The quantitative estimate of drug-likeness (QED) is 0.890. The van der Waals surface area contributed by atoms with Gasteiger partial charge in [-0.1, -0.05) is 6.07 Å². The third kappa shape index (κ3) is 3.91. The Bertz CT molecular complexity index is 662. The predicted octanol–water partition coefficient (Wildman–Crippen LogP) is 3.09. The van der Waals surface area contributed by atoms with Crippen LogP contribution in [0, 0.1) is 12.7 Å². The Hall–Kier alpha value is -2.18. The molecule has 1 N–H and O–H groups in total. The number of carbonyl (C=O) groups excluding carboxylic acids is 2. The van der Waals surface area contributed by atoms with Gasteiger partial charge in [-0.15, -0.1) is 0 Å². The summed E-state index contributed by atoms with van der Waals surface area (Å²) in [5.41, 5.74) is 0.765. The molecule has 25 heavy (non-hydrogen) atoms. The van der Waals surface area contributed by atoms with Crippen LogP contribution < -0.4 is 5.32 Å². The summed E-state index contributed by atoms with van der Waals surface area (Å²) in [6, 6.07) is 3.00. The lowest BCUT2D eigenvalue weighted by atomic mass is 10.1. The second-order valence-electron chi connectivity index (χ2n) is 6.78. The van der Waals surface area contributed by atoms with Crippen LogP contribution in [0.2, 0.25) is 0 Å². The molecule has 2 aliphatic heterocycles. The topological polar surface area (TPSA) is 52.7 Å². The summed E-state index contributed by atoms with van der Waals surface area (Å²) < 4.78 is 27.5. The van der Waals surface area contributed by atoms with Gasteiger partial charge in [0.15, 0.2) is 0 Å². The van der Waals surface area contributed by atoms with Crippen LogP contribution in [-0.2, 0) is 4.79 Å². The molecule has 136 valence electrons. The summed E-state index contributed by atoms with van der Waals surface area (Å²) in [5.74, 6) is -0.617. The fraction of sp³-hybridized carbons (Fsp3) is 0.556. The van der Waals surface area contributed by atoms with Crippen LogP contribution in [0.5, 0.6) is 0 Å². The first-order valence-electron chi connectivity index (χ1n) is 8.72. The number of rotatable bonds is 2. The lowest BCUT2D eigenvalue weighted by Crippen LogP contribution is -2.50. The van der Waals surface area contributed by atoms with Gasteiger partial charge in [-0.25, -0.2) is 13.6 Å². The molecule has 1 aromatic rings. The maximum Gasteiger partial charge on any atom is 0.322 e. The summed E-state index contributed by atoms with van der Waals surface area (Å²) in [6.07, 6.45) is 1.76. The van der Waals surface area contributed by atoms with Gasteiger partial charge in [0, 0.05) is 25.2 Å². The normalized spacial score (nSPS) is 23.6. The van der Waals surface area contributed by atoms with Crippen molar-refractivity contribution in [3.05, 3.63) is 29.6 Å². The molecule has 0 aliphatic carbocycles. The molecule has 0 radical (unpaired) electrons. The number of hydrogen-bond acceptors (Lipinski definition) is 2. The molecule has 0 aromatic heterocycles. The van der Waals surface area contributed by atoms with Crippen molar-refractivity contribution in [2.45, 2.75) is 44.8 Å². The lowest BCUT2D eigenvalue weighted by molar-refractivity contribution is -0.136. The Morgan fingerprint density at radius 1 is 1.20 bits per heavy atom. The first-order valence-corrected chi connectivity index (χ1v) is 8.72. The van der Waals surface area contributed by atoms with Crippen molar-refractivity contribution in [3.8, 4) is 0 Å². The zero-order valence-corrected chi connectivity index (χ0v) is 14.3. The van der Waals surface area contributed by atoms with E-state index >= 15 is 0 Å². The van der Waals surface area contributed by atoms with Crippen LogP contribution in [0.1, 0.15) is 31.2 Å². The molecule has 1 aromatic carbocycles. The first kappa shape index (κ1) is 17.6. The summed E-state index contributed by atoms with van der Waals surface area (Å²) in [7, 11) is 0. The fourth-order valence-electron chi connectivity index (χ4n) is 3.43. The first-order chi connectivity index (χ1) is 12.0. The van der Waals surface area contributed by atoms with E-state index in [9.17, 15) is 18.4 Å². The fourth-order valence-corrected chi connectivity index (χ4v) is 3.43. The number of hydrogen-bond donors (Lipinski definition) is 1. The monoisotopic (exact) mass is 351 g/mol. The van der Waals surface area contributed by atoms with Crippen LogP contribution in [0.3, 0.4) is 0 Å². The number of carbonyl (C=O) groups is 2. The summed E-state index contributed by atoms with van der Waals surface area (Å²) in [4.78, 5) is 28.2. The molecule has 3 rings (SSSR count). The SMILES string of the molecule is Cc1ccc(NC(=O)N2C[C@@H](F)C[C@H]2C(=O)N2CCCCC2)cc1F. The van der Waals surface area contributed by atoms with Crippen LogP contribution in [0.15, 0.2) is 18.2 Å². The van der Waals surface area contributed by atoms with Crippen molar-refractivity contribution in [2.24, 2.45) is 0 Å². The average Bonchev–Trinajstić information content (AvgIpc) is 3.00. The lowest BCUT2D eigenvalue weighted by Gasteiger charge is -2.32. The molecule has 2 aliphatic rings. The second-order valence-corrected chi connectivity index (χ2v) is 6.78. The highest BCUT2D eigenvalue weighted by molar-refractivity contribution is 5.94. The van der Waals surface area contributed by atoms with Crippen molar-refractivity contribution in [3.63, 3.8) is 0 Å². The minimum Gasteiger partial charge on any atom is -0.341 e. The largest absolute Gasteiger partial charge is 0.341 e. The summed E-state index contributed by atoms with van der Waals surface area (Å²) >= 11 is 0. The average molecular weight is 351 g/mol. The van der Waals surface area contributed by atoms with E-state index in [2.05, 4.69) is 5.32 Å². The van der Waals surface area contributed by atoms with E-state index in [-0.39, 0.29) is 18.9 Å². The van der Waals surface area contributed by atoms with Crippen LogP contribution in [0.4, 0.5) is 19.3 Å². The smallest absolute Gasteiger partial charge is 0.322 e. The Morgan fingerprint density at radius 2 is 1.92 bits per heavy atom. The van der Waals surface area contributed by atoms with Gasteiger partial charge >= 0.3 is 6.03 Å². The number of amides is 3. The summed E-state index contributed by atoms with van der Waals surface area (Å²) in [6.45, 7) is 2.82. The maximum atomic E-state index is 13.9. The number of benzene rings is 1. The van der Waals surface area contributed by atoms with Crippen molar-refractivity contribution >= 4 is 17.6 Å². The molecule has 0 spiro atoms. The van der Waals surface area contributed by atoms with E-state index < -0.39 is 24.1 Å².